The monoisotopic (exact) mass is 510 g/mol. The molecule has 0 aliphatic carbocycles. The van der Waals surface area contributed by atoms with Crippen LogP contribution in [0.25, 0.3) is 5.69 Å². The molecule has 1 heterocycles. The van der Waals surface area contributed by atoms with Gasteiger partial charge in [0.2, 0.25) is 0 Å². The first-order valence-corrected chi connectivity index (χ1v) is 8.69. The number of nitrogens with zero attached hydrogens (tertiary/aromatic N) is 2. The molecule has 133 valence electrons. The third-order valence-corrected chi connectivity index (χ3v) is 4.42. The summed E-state index contributed by atoms with van der Waals surface area (Å²) in [6, 6.07) is 18.1. The van der Waals surface area contributed by atoms with E-state index in [0.29, 0.717) is 11.8 Å². The number of benzene rings is 2. The molecular weight excluding hydrogens is 484 g/mol. The van der Waals surface area contributed by atoms with Crippen LogP contribution in [0.15, 0.2) is 54.9 Å². The molecule has 3 heteroatoms. The quantitative estimate of drug-likeness (QED) is 0.415. The second-order valence-corrected chi connectivity index (χ2v) is 6.87. The van der Waals surface area contributed by atoms with Crippen molar-refractivity contribution in [3.63, 3.8) is 0 Å². The third kappa shape index (κ3) is 4.29. The average molecular weight is 510 g/mol. The van der Waals surface area contributed by atoms with Crippen molar-refractivity contribution in [2.75, 3.05) is 0 Å². The maximum absolute atomic E-state index is 4.63. The van der Waals surface area contributed by atoms with Gasteiger partial charge in [-0.1, -0.05) is 45.9 Å². The predicted octanol–water partition coefficient (Wildman–Crippen LogP) is 5.51. The van der Waals surface area contributed by atoms with E-state index >= 15 is 0 Å². The van der Waals surface area contributed by atoms with Gasteiger partial charge in [-0.05, 0) is 23.0 Å². The molecule has 25 heavy (non-hydrogen) atoms. The fraction of sp³-hybridized carbons (Fsp3) is 0.318. The second kappa shape index (κ2) is 8.60. The zero-order valence-electron chi connectivity index (χ0n) is 15.3. The minimum absolute atomic E-state index is 0. The Bertz CT molecular complexity index is 778. The Morgan fingerprint density at radius 2 is 1.64 bits per heavy atom. The molecule has 0 N–H and O–H groups in total. The molecule has 0 unspecified atom stereocenters. The van der Waals surface area contributed by atoms with Crippen LogP contribution in [0.5, 0.6) is 0 Å². The Labute approximate surface area is 164 Å². The fourth-order valence-electron chi connectivity index (χ4n) is 3.17. The van der Waals surface area contributed by atoms with Gasteiger partial charge in [0, 0.05) is 38.9 Å². The van der Waals surface area contributed by atoms with E-state index in [2.05, 4.69) is 79.8 Å². The number of hydrogen-bond donors (Lipinski definition) is 0. The summed E-state index contributed by atoms with van der Waals surface area (Å²) in [6.07, 6.45) is 4.78. The van der Waals surface area contributed by atoms with E-state index in [9.17, 15) is 0 Å². The Morgan fingerprint density at radius 3 is 2.20 bits per heavy atom. The van der Waals surface area contributed by atoms with Crippen molar-refractivity contribution in [2.45, 2.75) is 46.0 Å². The summed E-state index contributed by atoms with van der Waals surface area (Å²) in [6.45, 7) is 9.02. The van der Waals surface area contributed by atoms with Crippen LogP contribution in [-0.4, -0.2) is 9.55 Å². The summed E-state index contributed by atoms with van der Waals surface area (Å²) in [5.41, 5.74) is 5.21. The van der Waals surface area contributed by atoms with E-state index in [0.717, 1.165) is 17.8 Å². The predicted molar refractivity (Wildman–Crippen MR) is 99.8 cm³/mol. The molecule has 2 aromatic carbocycles. The van der Waals surface area contributed by atoms with Crippen LogP contribution in [0.1, 0.15) is 62.0 Å². The minimum atomic E-state index is 0. The Hall–Kier alpha value is -1.70. The van der Waals surface area contributed by atoms with Gasteiger partial charge in [-0.15, -0.1) is 0 Å². The smallest absolute Gasteiger partial charge is 0.115 e. The van der Waals surface area contributed by atoms with Crippen molar-refractivity contribution < 1.29 is 20.1 Å². The summed E-state index contributed by atoms with van der Waals surface area (Å²) in [5.74, 6) is 2.00. The maximum Gasteiger partial charge on any atom is 0.115 e. The molecule has 0 aliphatic rings. The number of imidazole rings is 1. The number of hydrogen-bond acceptors (Lipinski definition) is 1. The van der Waals surface area contributed by atoms with Gasteiger partial charge in [0.15, 0.2) is 0 Å². The van der Waals surface area contributed by atoms with E-state index in [-0.39, 0.29) is 20.1 Å². The standard InChI is InChI=1S/C22H25N2.Ir/c1-16(2)19-11-8-12-20(17(3)4)22(19)24-14-13-23-21(24)15-18-9-6-5-7-10-18;/h5-9,11-14,16-17H,15H2,1-4H3;/q-1;. The van der Waals surface area contributed by atoms with Gasteiger partial charge in [-0.25, -0.2) is 4.98 Å². The van der Waals surface area contributed by atoms with Gasteiger partial charge in [0.05, 0.1) is 5.69 Å². The van der Waals surface area contributed by atoms with Gasteiger partial charge in [0.1, 0.15) is 5.82 Å². The zero-order valence-corrected chi connectivity index (χ0v) is 17.7. The second-order valence-electron chi connectivity index (χ2n) is 6.87. The van der Waals surface area contributed by atoms with Gasteiger partial charge < -0.3 is 4.57 Å². The van der Waals surface area contributed by atoms with Crippen LogP contribution in [0.4, 0.5) is 0 Å². The van der Waals surface area contributed by atoms with Crippen LogP contribution in [0, 0.1) is 6.07 Å². The van der Waals surface area contributed by atoms with Gasteiger partial charge >= 0.3 is 0 Å². The molecular formula is C22H25IrN2-. The Balaban J connectivity index is 0.00000225. The van der Waals surface area contributed by atoms with Crippen LogP contribution >= 0.6 is 0 Å². The summed E-state index contributed by atoms with van der Waals surface area (Å²) < 4.78 is 2.27. The first-order valence-electron chi connectivity index (χ1n) is 8.69. The topological polar surface area (TPSA) is 17.8 Å². The van der Waals surface area contributed by atoms with Crippen LogP contribution in [0.2, 0.25) is 0 Å². The fourth-order valence-corrected chi connectivity index (χ4v) is 3.17. The summed E-state index contributed by atoms with van der Waals surface area (Å²) >= 11 is 0. The zero-order chi connectivity index (χ0) is 17.1. The van der Waals surface area contributed by atoms with E-state index in [1.807, 2.05) is 18.3 Å². The van der Waals surface area contributed by atoms with Crippen LogP contribution < -0.4 is 0 Å². The van der Waals surface area contributed by atoms with Crippen molar-refractivity contribution in [3.05, 3.63) is 83.4 Å². The number of rotatable bonds is 5. The molecule has 3 rings (SSSR count). The largest absolute Gasteiger partial charge is 0.303 e. The van der Waals surface area contributed by atoms with Gasteiger partial charge in [-0.3, -0.25) is 0 Å². The van der Waals surface area contributed by atoms with Crippen molar-refractivity contribution >= 4 is 0 Å². The van der Waals surface area contributed by atoms with Gasteiger partial charge in [-0.2, -0.15) is 35.9 Å². The van der Waals surface area contributed by atoms with E-state index in [1.54, 1.807) is 0 Å². The Morgan fingerprint density at radius 1 is 0.960 bits per heavy atom. The normalized spacial score (nSPS) is 11.0. The van der Waals surface area contributed by atoms with Crippen molar-refractivity contribution in [1.29, 1.82) is 0 Å². The Kier molecular flexibility index (Phi) is 6.75. The molecule has 0 saturated heterocycles. The van der Waals surface area contributed by atoms with Crippen molar-refractivity contribution in [1.82, 2.24) is 9.55 Å². The summed E-state index contributed by atoms with van der Waals surface area (Å²) in [5, 5.41) is 0. The average Bonchev–Trinajstić information content (AvgIpc) is 3.02. The molecule has 0 aliphatic heterocycles. The van der Waals surface area contributed by atoms with Crippen LogP contribution in [-0.2, 0) is 26.5 Å². The summed E-state index contributed by atoms with van der Waals surface area (Å²) in [4.78, 5) is 4.63. The molecule has 2 nitrogen and oxygen atoms in total. The molecule has 0 atom stereocenters. The number of para-hydroxylation sites is 1. The summed E-state index contributed by atoms with van der Waals surface area (Å²) in [7, 11) is 0. The van der Waals surface area contributed by atoms with Gasteiger partial charge in [0.25, 0.3) is 0 Å². The molecule has 0 bridgehead atoms. The van der Waals surface area contributed by atoms with Crippen molar-refractivity contribution in [2.24, 2.45) is 0 Å². The number of aromatic nitrogens is 2. The molecule has 0 amide bonds. The molecule has 0 fully saturated rings. The molecule has 1 aromatic heterocycles. The third-order valence-electron chi connectivity index (χ3n) is 4.42. The molecule has 1 radical (unpaired) electrons. The van der Waals surface area contributed by atoms with E-state index in [4.69, 9.17) is 0 Å². The maximum atomic E-state index is 4.63. The van der Waals surface area contributed by atoms with Crippen molar-refractivity contribution in [3.8, 4) is 5.69 Å². The van der Waals surface area contributed by atoms with E-state index < -0.39 is 0 Å². The first-order chi connectivity index (χ1) is 11.6. The molecule has 0 spiro atoms. The molecule has 0 saturated carbocycles. The SMILES string of the molecule is CC(C)c1cccc(C(C)C)c1-n1ccnc1Cc1[c-]cccc1.[Ir]. The van der Waals surface area contributed by atoms with E-state index in [1.165, 1.54) is 16.8 Å². The molecule has 3 aromatic rings. The first kappa shape index (κ1) is 19.6. The van der Waals surface area contributed by atoms with Crippen LogP contribution in [0.3, 0.4) is 0 Å². The minimum Gasteiger partial charge on any atom is -0.303 e.